The molecule has 0 atom stereocenters. The van der Waals surface area contributed by atoms with Gasteiger partial charge in [0.1, 0.15) is 0 Å². The molecule has 2 N–H and O–H groups in total. The van der Waals surface area contributed by atoms with Gasteiger partial charge >= 0.3 is 7.12 Å². The molecular formula is C13H10BNO2. The van der Waals surface area contributed by atoms with Crippen LogP contribution in [0.2, 0.25) is 0 Å². The molecule has 4 heteroatoms. The summed E-state index contributed by atoms with van der Waals surface area (Å²) in [7, 11) is -1.45. The van der Waals surface area contributed by atoms with Gasteiger partial charge in [-0.1, -0.05) is 36.4 Å². The molecule has 0 aromatic heterocycles. The zero-order chi connectivity index (χ0) is 12.3. The number of hydrogen-bond donors (Lipinski definition) is 2. The third kappa shape index (κ3) is 2.54. The summed E-state index contributed by atoms with van der Waals surface area (Å²) < 4.78 is 0. The average molecular weight is 223 g/mol. The van der Waals surface area contributed by atoms with E-state index < -0.39 is 7.12 Å². The molecule has 17 heavy (non-hydrogen) atoms. The summed E-state index contributed by atoms with van der Waals surface area (Å²) in [5, 5.41) is 26.8. The van der Waals surface area contributed by atoms with Crippen molar-refractivity contribution in [1.82, 2.24) is 0 Å². The van der Waals surface area contributed by atoms with Crippen molar-refractivity contribution in [3.63, 3.8) is 0 Å². The zero-order valence-electron chi connectivity index (χ0n) is 9.04. The van der Waals surface area contributed by atoms with Crippen molar-refractivity contribution < 1.29 is 10.0 Å². The van der Waals surface area contributed by atoms with E-state index in [0.717, 1.165) is 11.1 Å². The van der Waals surface area contributed by atoms with E-state index in [9.17, 15) is 0 Å². The summed E-state index contributed by atoms with van der Waals surface area (Å²) in [5.74, 6) is 0. The Kier molecular flexibility index (Phi) is 3.24. The van der Waals surface area contributed by atoms with Gasteiger partial charge in [-0.25, -0.2) is 0 Å². The van der Waals surface area contributed by atoms with Gasteiger partial charge < -0.3 is 10.0 Å². The van der Waals surface area contributed by atoms with Crippen LogP contribution >= 0.6 is 0 Å². The molecule has 2 aromatic carbocycles. The number of nitriles is 1. The molecule has 0 aliphatic carbocycles. The normalized spacial score (nSPS) is 9.71. The highest BCUT2D eigenvalue weighted by Crippen LogP contribution is 2.19. The molecule has 82 valence electrons. The first-order valence-electron chi connectivity index (χ1n) is 5.17. The second-order valence-electron chi connectivity index (χ2n) is 3.69. The lowest BCUT2D eigenvalue weighted by Crippen LogP contribution is -2.29. The lowest BCUT2D eigenvalue weighted by Gasteiger charge is -2.04. The first-order chi connectivity index (χ1) is 8.20. The smallest absolute Gasteiger partial charge is 0.423 e. The highest BCUT2D eigenvalue weighted by atomic mass is 16.4. The van der Waals surface area contributed by atoms with E-state index >= 15 is 0 Å². The van der Waals surface area contributed by atoms with Crippen molar-refractivity contribution in [2.75, 3.05) is 0 Å². The van der Waals surface area contributed by atoms with Crippen LogP contribution in [0.25, 0.3) is 11.1 Å². The van der Waals surface area contributed by atoms with E-state index in [1.54, 1.807) is 36.4 Å². The molecule has 0 fully saturated rings. The van der Waals surface area contributed by atoms with Gasteiger partial charge in [0.25, 0.3) is 0 Å². The Labute approximate surface area is 99.7 Å². The van der Waals surface area contributed by atoms with E-state index in [1.807, 2.05) is 12.1 Å². The molecule has 0 saturated heterocycles. The quantitative estimate of drug-likeness (QED) is 0.743. The summed E-state index contributed by atoms with van der Waals surface area (Å²) >= 11 is 0. The Morgan fingerprint density at radius 1 is 0.941 bits per heavy atom. The fourth-order valence-electron chi connectivity index (χ4n) is 1.62. The summed E-state index contributed by atoms with van der Waals surface area (Å²) in [6.07, 6.45) is 0. The first-order valence-corrected chi connectivity index (χ1v) is 5.17. The molecule has 0 spiro atoms. The maximum Gasteiger partial charge on any atom is 0.488 e. The lowest BCUT2D eigenvalue weighted by atomic mass is 9.80. The van der Waals surface area contributed by atoms with Crippen LogP contribution in [0.1, 0.15) is 5.56 Å². The van der Waals surface area contributed by atoms with Crippen LogP contribution in [-0.2, 0) is 0 Å². The predicted molar refractivity (Wildman–Crippen MR) is 66.4 cm³/mol. The maximum atomic E-state index is 8.98. The third-order valence-corrected chi connectivity index (χ3v) is 2.53. The highest BCUT2D eigenvalue weighted by molar-refractivity contribution is 6.58. The maximum absolute atomic E-state index is 8.98. The minimum Gasteiger partial charge on any atom is -0.423 e. The van der Waals surface area contributed by atoms with E-state index in [-0.39, 0.29) is 0 Å². The Hall–Kier alpha value is -2.09. The summed E-state index contributed by atoms with van der Waals surface area (Å²) in [6, 6.07) is 16.3. The van der Waals surface area contributed by atoms with Crippen LogP contribution in [0.4, 0.5) is 0 Å². The molecule has 0 unspecified atom stereocenters. The fourth-order valence-corrected chi connectivity index (χ4v) is 1.62. The minimum absolute atomic E-state index is 0.449. The van der Waals surface area contributed by atoms with Crippen LogP contribution < -0.4 is 5.46 Å². The first kappa shape index (κ1) is 11.4. The number of hydrogen-bond acceptors (Lipinski definition) is 3. The van der Waals surface area contributed by atoms with E-state index in [2.05, 4.69) is 6.07 Å². The molecule has 0 aliphatic rings. The van der Waals surface area contributed by atoms with Crippen LogP contribution in [0.3, 0.4) is 0 Å². The average Bonchev–Trinajstić information content (AvgIpc) is 2.39. The number of rotatable bonds is 2. The monoisotopic (exact) mass is 223 g/mol. The van der Waals surface area contributed by atoms with Crippen molar-refractivity contribution in [2.45, 2.75) is 0 Å². The van der Waals surface area contributed by atoms with Crippen molar-refractivity contribution in [2.24, 2.45) is 0 Å². The van der Waals surface area contributed by atoms with Gasteiger partial charge in [-0.05, 0) is 28.7 Å². The Bertz CT molecular complexity index is 558. The zero-order valence-corrected chi connectivity index (χ0v) is 9.04. The summed E-state index contributed by atoms with van der Waals surface area (Å²) in [5.41, 5.74) is 2.92. The van der Waals surface area contributed by atoms with E-state index in [1.165, 1.54) is 0 Å². The van der Waals surface area contributed by atoms with Crippen LogP contribution in [0.15, 0.2) is 48.5 Å². The Balaban J connectivity index is 2.37. The minimum atomic E-state index is -1.45. The Morgan fingerprint density at radius 2 is 1.65 bits per heavy atom. The standard InChI is InChI=1S/C13H10BNO2/c15-9-10-2-1-3-12(8-10)11-4-6-13(7-5-11)14(16)17/h1-8,16-17H. The largest absolute Gasteiger partial charge is 0.488 e. The second-order valence-corrected chi connectivity index (χ2v) is 3.69. The van der Waals surface area contributed by atoms with Crippen LogP contribution in [0, 0.1) is 11.3 Å². The van der Waals surface area contributed by atoms with Crippen molar-refractivity contribution in [1.29, 1.82) is 5.26 Å². The number of benzene rings is 2. The molecule has 2 rings (SSSR count). The number of nitrogens with zero attached hydrogens (tertiary/aromatic N) is 1. The van der Waals surface area contributed by atoms with Gasteiger partial charge in [-0.2, -0.15) is 5.26 Å². The molecule has 0 aliphatic heterocycles. The van der Waals surface area contributed by atoms with Gasteiger partial charge in [-0.3, -0.25) is 0 Å². The molecule has 0 amide bonds. The van der Waals surface area contributed by atoms with Gasteiger partial charge in [0, 0.05) is 0 Å². The van der Waals surface area contributed by atoms with Crippen LogP contribution in [-0.4, -0.2) is 17.2 Å². The predicted octanol–water partition coefficient (Wildman–Crippen LogP) is 0.905. The molecular weight excluding hydrogens is 213 g/mol. The van der Waals surface area contributed by atoms with Crippen LogP contribution in [0.5, 0.6) is 0 Å². The summed E-state index contributed by atoms with van der Waals surface area (Å²) in [4.78, 5) is 0. The van der Waals surface area contributed by atoms with E-state index in [0.29, 0.717) is 11.0 Å². The molecule has 0 radical (unpaired) electrons. The Morgan fingerprint density at radius 3 is 2.24 bits per heavy atom. The fraction of sp³-hybridized carbons (Fsp3) is 0. The van der Waals surface area contributed by atoms with Gasteiger partial charge in [0.05, 0.1) is 11.6 Å². The third-order valence-electron chi connectivity index (χ3n) is 2.53. The second kappa shape index (κ2) is 4.83. The van der Waals surface area contributed by atoms with E-state index in [4.69, 9.17) is 15.3 Å². The van der Waals surface area contributed by atoms with Crippen molar-refractivity contribution in [3.8, 4) is 17.2 Å². The molecule has 3 nitrogen and oxygen atoms in total. The van der Waals surface area contributed by atoms with Crippen molar-refractivity contribution >= 4 is 12.6 Å². The van der Waals surface area contributed by atoms with Gasteiger partial charge in [-0.15, -0.1) is 0 Å². The SMILES string of the molecule is N#Cc1cccc(-c2ccc(B(O)O)cc2)c1. The molecule has 0 bridgehead atoms. The van der Waals surface area contributed by atoms with Gasteiger partial charge in [0.2, 0.25) is 0 Å². The van der Waals surface area contributed by atoms with Gasteiger partial charge in [0.15, 0.2) is 0 Å². The molecule has 0 heterocycles. The molecule has 2 aromatic rings. The van der Waals surface area contributed by atoms with Crippen molar-refractivity contribution in [3.05, 3.63) is 54.1 Å². The topological polar surface area (TPSA) is 64.2 Å². The highest BCUT2D eigenvalue weighted by Gasteiger charge is 2.10. The lowest BCUT2D eigenvalue weighted by molar-refractivity contribution is 0.426. The summed E-state index contributed by atoms with van der Waals surface area (Å²) in [6.45, 7) is 0. The molecule has 0 saturated carbocycles.